The van der Waals surface area contributed by atoms with Gasteiger partial charge in [0.15, 0.2) is 0 Å². The van der Waals surface area contributed by atoms with E-state index >= 15 is 0 Å². The van der Waals surface area contributed by atoms with Gasteiger partial charge in [-0.05, 0) is 6.42 Å². The Bertz CT molecular complexity index is 119. The molecule has 0 aromatic heterocycles. The molecule has 13 heavy (non-hydrogen) atoms. The summed E-state index contributed by atoms with van der Waals surface area (Å²) in [5, 5.41) is 0. The summed E-state index contributed by atoms with van der Waals surface area (Å²) < 4.78 is 2.43. The van der Waals surface area contributed by atoms with Gasteiger partial charge in [0.2, 0.25) is 0 Å². The van der Waals surface area contributed by atoms with Crippen LogP contribution < -0.4 is 0 Å². The Morgan fingerprint density at radius 2 is 1.62 bits per heavy atom. The molecule has 0 aliphatic heterocycles. The first-order valence-corrected chi connectivity index (χ1v) is 10.0. The van der Waals surface area contributed by atoms with Crippen LogP contribution in [0.15, 0.2) is 0 Å². The fraction of sp³-hybridized carbons (Fsp3) is 1.00. The minimum absolute atomic E-state index is 0.781. The van der Waals surface area contributed by atoms with E-state index in [0.29, 0.717) is 0 Å². The van der Waals surface area contributed by atoms with E-state index in [4.69, 9.17) is 0 Å². The van der Waals surface area contributed by atoms with E-state index in [-0.39, 0.29) is 0 Å². The average molecular weight is 219 g/mol. The van der Waals surface area contributed by atoms with Crippen molar-refractivity contribution in [3.05, 3.63) is 0 Å². The monoisotopic (exact) mass is 219 g/mol. The lowest BCUT2D eigenvalue weighted by Crippen LogP contribution is -2.20. The Kier molecular flexibility index (Phi) is 7.18. The molecule has 3 heteroatoms. The van der Waals surface area contributed by atoms with E-state index < -0.39 is 8.07 Å². The zero-order valence-corrected chi connectivity index (χ0v) is 11.7. The molecule has 0 unspecified atom stereocenters. The smallest absolute Gasteiger partial charge is 0.0442 e. The van der Waals surface area contributed by atoms with Gasteiger partial charge < -0.3 is 0 Å². The van der Waals surface area contributed by atoms with E-state index in [1.54, 1.807) is 0 Å². The van der Waals surface area contributed by atoms with Gasteiger partial charge in [0, 0.05) is 26.9 Å². The Morgan fingerprint density at radius 1 is 1.08 bits per heavy atom. The lowest BCUT2D eigenvalue weighted by atomic mass is 10.6. The van der Waals surface area contributed by atoms with Gasteiger partial charge in [0.25, 0.3) is 0 Å². The zero-order valence-electron chi connectivity index (χ0n) is 9.89. The molecular weight excluding hydrogens is 194 g/mol. The molecule has 80 valence electrons. The SMILES string of the molecule is CCN(CC)SCCC[Si](C)(C)C. The quantitative estimate of drug-likeness (QED) is 0.365. The molecule has 0 rings (SSSR count). The highest BCUT2D eigenvalue weighted by Gasteiger charge is 2.11. The molecule has 0 aliphatic carbocycles. The van der Waals surface area contributed by atoms with Crippen molar-refractivity contribution >= 4 is 20.0 Å². The number of hydrogen-bond acceptors (Lipinski definition) is 2. The van der Waals surface area contributed by atoms with Crippen molar-refractivity contribution in [2.75, 3.05) is 18.8 Å². The highest BCUT2D eigenvalue weighted by atomic mass is 32.2. The van der Waals surface area contributed by atoms with Crippen molar-refractivity contribution in [1.29, 1.82) is 0 Å². The second-order valence-electron chi connectivity index (χ2n) is 4.61. The highest BCUT2D eigenvalue weighted by molar-refractivity contribution is 7.97. The number of nitrogens with zero attached hydrogens (tertiary/aromatic N) is 1. The number of rotatable bonds is 7. The Morgan fingerprint density at radius 3 is 2.00 bits per heavy atom. The maximum atomic E-state index is 2.45. The van der Waals surface area contributed by atoms with E-state index in [1.165, 1.54) is 31.3 Å². The molecule has 0 saturated heterocycles. The van der Waals surface area contributed by atoms with Crippen LogP contribution in [-0.4, -0.2) is 31.2 Å². The fourth-order valence-corrected chi connectivity index (χ4v) is 3.59. The summed E-state index contributed by atoms with van der Waals surface area (Å²) in [7, 11) is -0.781. The Balaban J connectivity index is 3.34. The minimum Gasteiger partial charge on any atom is -0.251 e. The van der Waals surface area contributed by atoms with Crippen molar-refractivity contribution in [2.45, 2.75) is 46.0 Å². The van der Waals surface area contributed by atoms with Gasteiger partial charge >= 0.3 is 0 Å². The van der Waals surface area contributed by atoms with Gasteiger partial charge in [0.1, 0.15) is 0 Å². The van der Waals surface area contributed by atoms with Crippen LogP contribution in [0.5, 0.6) is 0 Å². The lowest BCUT2D eigenvalue weighted by Gasteiger charge is -2.19. The molecule has 0 atom stereocenters. The van der Waals surface area contributed by atoms with E-state index in [2.05, 4.69) is 37.8 Å². The first-order chi connectivity index (χ1) is 5.99. The predicted molar refractivity (Wildman–Crippen MR) is 68.1 cm³/mol. The van der Waals surface area contributed by atoms with Crippen molar-refractivity contribution in [3.63, 3.8) is 0 Å². The van der Waals surface area contributed by atoms with E-state index in [9.17, 15) is 0 Å². The van der Waals surface area contributed by atoms with Gasteiger partial charge in [0.05, 0.1) is 0 Å². The third-order valence-corrected chi connectivity index (χ3v) is 5.26. The highest BCUT2D eigenvalue weighted by Crippen LogP contribution is 2.16. The maximum Gasteiger partial charge on any atom is 0.0442 e. The third kappa shape index (κ3) is 8.85. The summed E-state index contributed by atoms with van der Waals surface area (Å²) in [6, 6.07) is 1.47. The molecule has 0 spiro atoms. The summed E-state index contributed by atoms with van der Waals surface area (Å²) in [4.78, 5) is 0. The average Bonchev–Trinajstić information content (AvgIpc) is 2.03. The first kappa shape index (κ1) is 13.5. The molecule has 0 amide bonds. The van der Waals surface area contributed by atoms with Gasteiger partial charge in [-0.15, -0.1) is 0 Å². The molecule has 1 nitrogen and oxygen atoms in total. The molecule has 0 heterocycles. The van der Waals surface area contributed by atoms with Crippen molar-refractivity contribution in [3.8, 4) is 0 Å². The van der Waals surface area contributed by atoms with E-state index in [1.807, 2.05) is 11.9 Å². The summed E-state index contributed by atoms with van der Waals surface area (Å²) >= 11 is 2.02. The summed E-state index contributed by atoms with van der Waals surface area (Å²) in [5.74, 6) is 1.31. The van der Waals surface area contributed by atoms with Crippen LogP contribution in [0, 0.1) is 0 Å². The molecule has 0 saturated carbocycles. The summed E-state index contributed by atoms with van der Waals surface area (Å²) in [6.07, 6.45) is 1.40. The summed E-state index contributed by atoms with van der Waals surface area (Å²) in [6.45, 7) is 14.2. The van der Waals surface area contributed by atoms with Crippen LogP contribution in [0.1, 0.15) is 20.3 Å². The second-order valence-corrected chi connectivity index (χ2v) is 11.4. The van der Waals surface area contributed by atoms with Crippen LogP contribution in [-0.2, 0) is 0 Å². The molecule has 0 aliphatic rings. The van der Waals surface area contributed by atoms with Crippen LogP contribution in [0.3, 0.4) is 0 Å². The molecular formula is C10H25NSSi. The number of hydrogen-bond donors (Lipinski definition) is 0. The third-order valence-electron chi connectivity index (χ3n) is 2.05. The van der Waals surface area contributed by atoms with Crippen molar-refractivity contribution in [1.82, 2.24) is 4.31 Å². The topological polar surface area (TPSA) is 3.24 Å². The van der Waals surface area contributed by atoms with Gasteiger partial charge in [-0.25, -0.2) is 0 Å². The Hall–Kier alpha value is 0.527. The van der Waals surface area contributed by atoms with Gasteiger partial charge in [-0.2, -0.15) is 0 Å². The van der Waals surface area contributed by atoms with Crippen LogP contribution in [0.4, 0.5) is 0 Å². The Labute approximate surface area is 89.4 Å². The van der Waals surface area contributed by atoms with Crippen LogP contribution >= 0.6 is 11.9 Å². The second kappa shape index (κ2) is 6.90. The standard InChI is InChI=1S/C10H25NSSi/c1-6-11(7-2)12-9-8-10-13(3,4)5/h6-10H2,1-5H3. The first-order valence-electron chi connectivity index (χ1n) is 5.37. The lowest BCUT2D eigenvalue weighted by molar-refractivity contribution is 0.524. The normalized spacial score (nSPS) is 12.5. The molecule has 0 N–H and O–H groups in total. The molecule has 0 bridgehead atoms. The summed E-state index contributed by atoms with van der Waals surface area (Å²) in [5.41, 5.74) is 0. The van der Waals surface area contributed by atoms with Gasteiger partial charge in [-0.3, -0.25) is 4.31 Å². The van der Waals surface area contributed by atoms with Crippen LogP contribution in [0.2, 0.25) is 25.7 Å². The minimum atomic E-state index is -0.781. The van der Waals surface area contributed by atoms with Crippen molar-refractivity contribution in [2.24, 2.45) is 0 Å². The zero-order chi connectivity index (χ0) is 10.3. The van der Waals surface area contributed by atoms with Crippen molar-refractivity contribution < 1.29 is 0 Å². The molecule has 0 aromatic carbocycles. The molecule has 0 radical (unpaired) electrons. The van der Waals surface area contributed by atoms with E-state index in [0.717, 1.165) is 0 Å². The molecule has 0 fully saturated rings. The van der Waals surface area contributed by atoms with Gasteiger partial charge in [-0.1, -0.05) is 51.5 Å². The maximum absolute atomic E-state index is 2.45. The largest absolute Gasteiger partial charge is 0.251 e. The molecule has 0 aromatic rings. The fourth-order valence-electron chi connectivity index (χ4n) is 1.20. The predicted octanol–water partition coefficient (Wildman–Crippen LogP) is 3.70. The van der Waals surface area contributed by atoms with Crippen LogP contribution in [0.25, 0.3) is 0 Å².